The van der Waals surface area contributed by atoms with E-state index >= 15 is 0 Å². The van der Waals surface area contributed by atoms with E-state index in [0.717, 1.165) is 0 Å². The molecular weight excluding hydrogens is 282 g/mol. The molecular formula is C13H12ClN3O3. The van der Waals surface area contributed by atoms with E-state index in [1.54, 1.807) is 0 Å². The quantitative estimate of drug-likeness (QED) is 0.684. The Labute approximate surface area is 120 Å². The van der Waals surface area contributed by atoms with E-state index in [2.05, 4.69) is 11.4 Å². The molecule has 7 heteroatoms. The molecule has 6 nitrogen and oxygen atoms in total. The molecule has 1 aliphatic rings. The third-order valence-corrected chi connectivity index (χ3v) is 3.77. The number of hydrogen-bond donors (Lipinski definition) is 1. The second kappa shape index (κ2) is 5.10. The zero-order valence-electron chi connectivity index (χ0n) is 10.7. The number of anilines is 1. The topological polar surface area (TPSA) is 96.0 Å². The van der Waals surface area contributed by atoms with Crippen LogP contribution in [0.2, 0.25) is 5.02 Å². The molecule has 20 heavy (non-hydrogen) atoms. The standard InChI is InChI=1S/C13H12ClN3O3/c1-8-5-13(6-8,7-15)12(18)16-11-3-2-9(17(19)20)4-10(11)14/h2-4,8H,5-6H2,1H3,(H,16,18). The zero-order chi connectivity index (χ0) is 14.9. The van der Waals surface area contributed by atoms with E-state index in [0.29, 0.717) is 18.8 Å². The van der Waals surface area contributed by atoms with Crippen molar-refractivity contribution < 1.29 is 9.72 Å². The van der Waals surface area contributed by atoms with Gasteiger partial charge in [-0.2, -0.15) is 5.26 Å². The van der Waals surface area contributed by atoms with Crippen molar-refractivity contribution in [3.05, 3.63) is 33.3 Å². The van der Waals surface area contributed by atoms with Crippen molar-refractivity contribution in [1.29, 1.82) is 5.26 Å². The van der Waals surface area contributed by atoms with Gasteiger partial charge < -0.3 is 5.32 Å². The van der Waals surface area contributed by atoms with E-state index in [1.807, 2.05) is 6.92 Å². The number of nitro benzene ring substituents is 1. The lowest BCUT2D eigenvalue weighted by Crippen LogP contribution is -2.45. The molecule has 1 aliphatic carbocycles. The largest absolute Gasteiger partial charge is 0.323 e. The van der Waals surface area contributed by atoms with Crippen LogP contribution < -0.4 is 5.32 Å². The summed E-state index contributed by atoms with van der Waals surface area (Å²) >= 11 is 5.90. The van der Waals surface area contributed by atoms with E-state index in [9.17, 15) is 14.9 Å². The molecule has 0 aromatic heterocycles. The number of halogens is 1. The summed E-state index contributed by atoms with van der Waals surface area (Å²) in [6.45, 7) is 1.97. The fraction of sp³-hybridized carbons (Fsp3) is 0.385. The number of hydrogen-bond acceptors (Lipinski definition) is 4. The minimum absolute atomic E-state index is 0.0769. The van der Waals surface area contributed by atoms with Gasteiger partial charge in [0, 0.05) is 12.1 Å². The molecule has 0 atom stereocenters. The van der Waals surface area contributed by atoms with Crippen LogP contribution in [0.5, 0.6) is 0 Å². The molecule has 0 spiro atoms. The molecule has 0 saturated heterocycles. The summed E-state index contributed by atoms with van der Waals surface area (Å²) in [5, 5.41) is 22.4. The molecule has 1 aromatic rings. The Balaban J connectivity index is 2.17. The second-order valence-corrected chi connectivity index (χ2v) is 5.49. The normalized spacial score (nSPS) is 24.4. The van der Waals surface area contributed by atoms with Gasteiger partial charge in [-0.1, -0.05) is 18.5 Å². The summed E-state index contributed by atoms with van der Waals surface area (Å²) in [4.78, 5) is 22.2. The highest BCUT2D eigenvalue weighted by molar-refractivity contribution is 6.34. The number of benzene rings is 1. The number of carbonyl (C=O) groups excluding carboxylic acids is 1. The number of nitrogens with one attached hydrogen (secondary N) is 1. The molecule has 0 aliphatic heterocycles. The van der Waals surface area contributed by atoms with Gasteiger partial charge in [0.1, 0.15) is 5.41 Å². The van der Waals surface area contributed by atoms with Gasteiger partial charge in [-0.15, -0.1) is 0 Å². The van der Waals surface area contributed by atoms with Gasteiger partial charge in [-0.3, -0.25) is 14.9 Å². The van der Waals surface area contributed by atoms with Crippen LogP contribution in [0.4, 0.5) is 11.4 Å². The maximum atomic E-state index is 12.1. The lowest BCUT2D eigenvalue weighted by atomic mass is 9.63. The van der Waals surface area contributed by atoms with Gasteiger partial charge in [-0.05, 0) is 24.8 Å². The highest BCUT2D eigenvalue weighted by Gasteiger charge is 2.49. The third kappa shape index (κ3) is 2.45. The summed E-state index contributed by atoms with van der Waals surface area (Å²) < 4.78 is 0. The number of carbonyl (C=O) groups is 1. The van der Waals surface area contributed by atoms with Crippen LogP contribution in [-0.4, -0.2) is 10.8 Å². The molecule has 1 saturated carbocycles. The third-order valence-electron chi connectivity index (χ3n) is 3.45. The summed E-state index contributed by atoms with van der Waals surface area (Å²) in [5.41, 5.74) is -0.887. The average molecular weight is 294 g/mol. The molecule has 1 aromatic carbocycles. The van der Waals surface area contributed by atoms with Gasteiger partial charge in [0.05, 0.1) is 21.7 Å². The molecule has 1 N–H and O–H groups in total. The zero-order valence-corrected chi connectivity index (χ0v) is 11.5. The van der Waals surface area contributed by atoms with Crippen molar-refractivity contribution >= 4 is 28.9 Å². The molecule has 0 heterocycles. The summed E-state index contributed by atoms with van der Waals surface area (Å²) in [6.07, 6.45) is 1.03. The minimum Gasteiger partial charge on any atom is -0.323 e. The molecule has 0 unspecified atom stereocenters. The first-order valence-corrected chi connectivity index (χ1v) is 6.42. The van der Waals surface area contributed by atoms with Crippen LogP contribution in [0.1, 0.15) is 19.8 Å². The molecule has 1 fully saturated rings. The van der Waals surface area contributed by atoms with Crippen molar-refractivity contribution in [2.75, 3.05) is 5.32 Å². The number of nitrogens with zero attached hydrogens (tertiary/aromatic N) is 2. The lowest BCUT2D eigenvalue weighted by molar-refractivity contribution is -0.384. The second-order valence-electron chi connectivity index (χ2n) is 5.08. The number of nitriles is 1. The fourth-order valence-corrected chi connectivity index (χ4v) is 2.64. The van der Waals surface area contributed by atoms with Crippen LogP contribution in [0.15, 0.2) is 18.2 Å². The van der Waals surface area contributed by atoms with Gasteiger partial charge in [-0.25, -0.2) is 0 Å². The first-order chi connectivity index (χ1) is 9.38. The predicted molar refractivity (Wildman–Crippen MR) is 73.2 cm³/mol. The maximum absolute atomic E-state index is 12.1. The summed E-state index contributed by atoms with van der Waals surface area (Å²) in [7, 11) is 0. The van der Waals surface area contributed by atoms with Crippen LogP contribution in [0.3, 0.4) is 0 Å². The number of rotatable bonds is 3. The van der Waals surface area contributed by atoms with Crippen LogP contribution in [0.25, 0.3) is 0 Å². The van der Waals surface area contributed by atoms with Crippen LogP contribution in [0, 0.1) is 32.8 Å². The highest BCUT2D eigenvalue weighted by atomic mass is 35.5. The van der Waals surface area contributed by atoms with Crippen molar-refractivity contribution in [2.45, 2.75) is 19.8 Å². The van der Waals surface area contributed by atoms with Crippen molar-refractivity contribution in [3.8, 4) is 6.07 Å². The van der Waals surface area contributed by atoms with Gasteiger partial charge in [0.2, 0.25) is 5.91 Å². The minimum atomic E-state index is -1.01. The number of non-ortho nitro benzene ring substituents is 1. The summed E-state index contributed by atoms with van der Waals surface area (Å²) in [5.74, 6) is -0.0680. The molecule has 1 amide bonds. The Morgan fingerprint density at radius 2 is 2.25 bits per heavy atom. The van der Waals surface area contributed by atoms with Gasteiger partial charge >= 0.3 is 0 Å². The Morgan fingerprint density at radius 3 is 2.70 bits per heavy atom. The molecule has 0 radical (unpaired) electrons. The SMILES string of the molecule is CC1CC(C#N)(C(=O)Nc2ccc([N+](=O)[O-])cc2Cl)C1. The maximum Gasteiger partial charge on any atom is 0.271 e. The van der Waals surface area contributed by atoms with Crippen LogP contribution in [-0.2, 0) is 4.79 Å². The van der Waals surface area contributed by atoms with E-state index in [1.165, 1.54) is 18.2 Å². The summed E-state index contributed by atoms with van der Waals surface area (Å²) in [6, 6.07) is 5.84. The van der Waals surface area contributed by atoms with Gasteiger partial charge in [0.15, 0.2) is 0 Å². The predicted octanol–water partition coefficient (Wildman–Crippen LogP) is 3.13. The Bertz CT molecular complexity index is 618. The molecule has 0 bridgehead atoms. The van der Waals surface area contributed by atoms with E-state index in [4.69, 9.17) is 16.9 Å². The first kappa shape index (κ1) is 14.3. The first-order valence-electron chi connectivity index (χ1n) is 6.04. The smallest absolute Gasteiger partial charge is 0.271 e. The van der Waals surface area contributed by atoms with Gasteiger partial charge in [0.25, 0.3) is 5.69 Å². The lowest BCUT2D eigenvalue weighted by Gasteiger charge is -2.39. The number of nitro groups is 1. The molecule has 104 valence electrons. The Kier molecular flexibility index (Phi) is 3.64. The highest BCUT2D eigenvalue weighted by Crippen LogP contribution is 2.46. The molecule has 2 rings (SSSR count). The average Bonchev–Trinajstić information content (AvgIpc) is 2.36. The Hall–Kier alpha value is -2.13. The fourth-order valence-electron chi connectivity index (χ4n) is 2.42. The number of amides is 1. The van der Waals surface area contributed by atoms with Crippen molar-refractivity contribution in [1.82, 2.24) is 0 Å². The Morgan fingerprint density at radius 1 is 1.60 bits per heavy atom. The monoisotopic (exact) mass is 293 g/mol. The van der Waals surface area contributed by atoms with Crippen molar-refractivity contribution in [2.24, 2.45) is 11.3 Å². The van der Waals surface area contributed by atoms with E-state index in [-0.39, 0.29) is 16.4 Å². The van der Waals surface area contributed by atoms with E-state index < -0.39 is 16.2 Å². The van der Waals surface area contributed by atoms with Crippen LogP contribution >= 0.6 is 11.6 Å². The van der Waals surface area contributed by atoms with Crippen molar-refractivity contribution in [3.63, 3.8) is 0 Å².